The first-order valence-corrected chi connectivity index (χ1v) is 11.9. The Kier molecular flexibility index (Phi) is 14.4. The number of nitrogens with one attached hydrogen (secondary N) is 1. The number of hydrogen-bond acceptors (Lipinski definition) is 4. The molecule has 0 heterocycles. The van der Waals surface area contributed by atoms with Crippen molar-refractivity contribution in [2.24, 2.45) is 17.8 Å². The van der Waals surface area contributed by atoms with Crippen LogP contribution in [0.5, 0.6) is 0 Å². The number of carbonyl (C=O) groups is 1. The normalized spacial score (nSPS) is 21.3. The smallest absolute Gasteiger partial charge is 0.748 e. The van der Waals surface area contributed by atoms with Crippen molar-refractivity contribution < 1.29 is 47.3 Å². The number of carbonyl (C=O) groups excluding carboxylic acids is 1. The van der Waals surface area contributed by atoms with E-state index in [0.29, 0.717) is 11.8 Å². The van der Waals surface area contributed by atoms with Crippen molar-refractivity contribution in [3.8, 4) is 0 Å². The van der Waals surface area contributed by atoms with Gasteiger partial charge in [-0.05, 0) is 71.1 Å². The monoisotopic (exact) mass is 433 g/mol. The molecule has 0 aromatic rings. The largest absolute Gasteiger partial charge is 1.00 e. The van der Waals surface area contributed by atoms with E-state index in [1.807, 2.05) is 0 Å². The first-order chi connectivity index (χ1) is 13.1. The number of amides is 1. The molecule has 1 unspecified atom stereocenters. The third-order valence-electron chi connectivity index (χ3n) is 5.37. The Balaban J connectivity index is 0.00000784. The van der Waals surface area contributed by atoms with Gasteiger partial charge in [0.05, 0.1) is 15.9 Å². The van der Waals surface area contributed by atoms with Gasteiger partial charge in [-0.25, -0.2) is 8.42 Å². The third-order valence-corrected chi connectivity index (χ3v) is 6.07. The van der Waals surface area contributed by atoms with Crippen molar-refractivity contribution in [3.63, 3.8) is 0 Å². The minimum atomic E-state index is -4.28. The summed E-state index contributed by atoms with van der Waals surface area (Å²) < 4.78 is 31.8. The fourth-order valence-corrected chi connectivity index (χ4v) is 3.87. The van der Waals surface area contributed by atoms with E-state index in [0.717, 1.165) is 38.5 Å². The zero-order valence-corrected chi connectivity index (χ0v) is 21.6. The van der Waals surface area contributed by atoms with Crippen molar-refractivity contribution >= 4 is 16.0 Å². The van der Waals surface area contributed by atoms with Crippen LogP contribution in [0.2, 0.25) is 0 Å². The predicted octanol–water partition coefficient (Wildman–Crippen LogP) is 1.34. The molecule has 5 nitrogen and oxygen atoms in total. The van der Waals surface area contributed by atoms with Crippen LogP contribution in [0.1, 0.15) is 66.2 Å². The molecule has 1 amide bonds. The molecule has 1 aliphatic carbocycles. The zero-order valence-electron chi connectivity index (χ0n) is 18.7. The van der Waals surface area contributed by atoms with Crippen LogP contribution in [-0.4, -0.2) is 31.2 Å². The fourth-order valence-electron chi connectivity index (χ4n) is 3.52. The molecule has 0 aromatic carbocycles. The van der Waals surface area contributed by atoms with Crippen LogP contribution in [0.15, 0.2) is 35.5 Å². The summed E-state index contributed by atoms with van der Waals surface area (Å²) in [6, 6.07) is 0. The summed E-state index contributed by atoms with van der Waals surface area (Å²) in [6.45, 7) is 8.55. The molecule has 0 aromatic heterocycles. The van der Waals surface area contributed by atoms with E-state index in [2.05, 4.69) is 57.3 Å². The van der Waals surface area contributed by atoms with Crippen LogP contribution < -0.4 is 34.9 Å². The van der Waals surface area contributed by atoms with E-state index < -0.39 is 15.9 Å². The van der Waals surface area contributed by atoms with Crippen LogP contribution in [0.25, 0.3) is 0 Å². The Morgan fingerprint density at radius 1 is 1.14 bits per heavy atom. The number of allylic oxidation sites excluding steroid dienone is 6. The Hall–Kier alpha value is -0.400. The van der Waals surface area contributed by atoms with Crippen LogP contribution >= 0.6 is 0 Å². The summed E-state index contributed by atoms with van der Waals surface area (Å²) in [5, 5.41) is 2.58. The van der Waals surface area contributed by atoms with Gasteiger partial charge in [0, 0.05) is 12.5 Å². The van der Waals surface area contributed by atoms with E-state index in [4.69, 9.17) is 0 Å². The molecular formula is C22H36NNaO4S. The van der Waals surface area contributed by atoms with Gasteiger partial charge >= 0.3 is 29.6 Å². The molecule has 1 fully saturated rings. The van der Waals surface area contributed by atoms with E-state index in [-0.39, 0.29) is 47.9 Å². The minimum Gasteiger partial charge on any atom is -0.748 e. The van der Waals surface area contributed by atoms with Gasteiger partial charge in [-0.2, -0.15) is 0 Å². The SMILES string of the molecule is CC(C)=CCCC(C)/C=C/C=C(\C)C1CCC(C(=O)NCCS(=O)(=O)[O-])CC1.[Na+]. The second kappa shape index (κ2) is 14.6. The summed E-state index contributed by atoms with van der Waals surface area (Å²) in [5.41, 5.74) is 2.72. The van der Waals surface area contributed by atoms with Crippen LogP contribution in [0.4, 0.5) is 0 Å². The molecule has 0 aliphatic heterocycles. The number of hydrogen-bond donors (Lipinski definition) is 1. The molecule has 0 saturated heterocycles. The first kappa shape index (κ1) is 28.6. The first-order valence-electron chi connectivity index (χ1n) is 10.3. The molecule has 1 saturated carbocycles. The maximum atomic E-state index is 12.1. The molecule has 1 aliphatic rings. The van der Waals surface area contributed by atoms with Gasteiger partial charge < -0.3 is 9.87 Å². The molecule has 0 bridgehead atoms. The molecule has 1 N–H and O–H groups in total. The molecule has 29 heavy (non-hydrogen) atoms. The zero-order chi connectivity index (χ0) is 21.2. The van der Waals surface area contributed by atoms with Gasteiger partial charge in [0.25, 0.3) is 0 Å². The van der Waals surface area contributed by atoms with E-state index in [1.165, 1.54) is 11.1 Å². The van der Waals surface area contributed by atoms with Gasteiger partial charge in [-0.3, -0.25) is 4.79 Å². The van der Waals surface area contributed by atoms with E-state index >= 15 is 0 Å². The Labute approximate surface area is 199 Å². The fraction of sp³-hybridized carbons (Fsp3) is 0.682. The topological polar surface area (TPSA) is 86.3 Å². The summed E-state index contributed by atoms with van der Waals surface area (Å²) in [6.07, 6.45) is 14.7. The molecule has 1 rings (SSSR count). The molecule has 0 radical (unpaired) electrons. The summed E-state index contributed by atoms with van der Waals surface area (Å²) in [4.78, 5) is 12.1. The standard InChI is InChI=1S/C22H37NO4S.Na/c1-17(2)7-5-8-18(3)9-6-10-19(4)20-11-13-21(14-12-20)22(24)23-15-16-28(25,26)27;/h6-7,9-10,18,20-21H,5,8,11-16H2,1-4H3,(H,23,24)(H,25,26,27);/q;+1/p-1/b9-6+,19-10+;. The van der Waals surface area contributed by atoms with Gasteiger partial charge in [-0.1, -0.05) is 42.4 Å². The maximum Gasteiger partial charge on any atom is 1.00 e. The molecule has 7 heteroatoms. The second-order valence-corrected chi connectivity index (χ2v) is 9.76. The van der Waals surface area contributed by atoms with Crippen molar-refractivity contribution in [3.05, 3.63) is 35.5 Å². The second-order valence-electron chi connectivity index (χ2n) is 8.23. The van der Waals surface area contributed by atoms with Gasteiger partial charge in [0.2, 0.25) is 5.91 Å². The van der Waals surface area contributed by atoms with Gasteiger partial charge in [-0.15, -0.1) is 0 Å². The quantitative estimate of drug-likeness (QED) is 0.244. The van der Waals surface area contributed by atoms with Crippen LogP contribution in [-0.2, 0) is 14.9 Å². The van der Waals surface area contributed by atoms with Crippen molar-refractivity contribution in [2.75, 3.05) is 12.3 Å². The van der Waals surface area contributed by atoms with Crippen molar-refractivity contribution in [1.29, 1.82) is 0 Å². The minimum absolute atomic E-state index is 0. The molecule has 0 spiro atoms. The maximum absolute atomic E-state index is 12.1. The van der Waals surface area contributed by atoms with Gasteiger partial charge in [0.15, 0.2) is 0 Å². The Morgan fingerprint density at radius 3 is 2.28 bits per heavy atom. The van der Waals surface area contributed by atoms with Gasteiger partial charge in [0.1, 0.15) is 0 Å². The van der Waals surface area contributed by atoms with Crippen LogP contribution in [0.3, 0.4) is 0 Å². The molecular weight excluding hydrogens is 397 g/mol. The van der Waals surface area contributed by atoms with E-state index in [9.17, 15) is 17.8 Å². The van der Waals surface area contributed by atoms with Crippen LogP contribution in [0, 0.1) is 17.8 Å². The molecule has 1 atom stereocenters. The predicted molar refractivity (Wildman–Crippen MR) is 114 cm³/mol. The van der Waals surface area contributed by atoms with Crippen molar-refractivity contribution in [1.82, 2.24) is 5.32 Å². The average Bonchev–Trinajstić information content (AvgIpc) is 2.60. The summed E-state index contributed by atoms with van der Waals surface area (Å²) in [7, 11) is -4.28. The Morgan fingerprint density at radius 2 is 1.72 bits per heavy atom. The average molecular weight is 434 g/mol. The van der Waals surface area contributed by atoms with E-state index in [1.54, 1.807) is 0 Å². The summed E-state index contributed by atoms with van der Waals surface area (Å²) in [5.74, 6) is 0.293. The Bertz CT molecular complexity index is 686. The van der Waals surface area contributed by atoms with Crippen molar-refractivity contribution in [2.45, 2.75) is 66.2 Å². The number of rotatable bonds is 10. The third kappa shape index (κ3) is 13.5. The summed E-state index contributed by atoms with van der Waals surface area (Å²) >= 11 is 0. The molecule has 160 valence electrons.